The zero-order valence-electron chi connectivity index (χ0n) is 12.3. The van der Waals surface area contributed by atoms with Crippen LogP contribution in [0.15, 0.2) is 42.6 Å². The van der Waals surface area contributed by atoms with Crippen molar-refractivity contribution < 1.29 is 4.74 Å². The number of pyridine rings is 1. The summed E-state index contributed by atoms with van der Waals surface area (Å²) in [6.07, 6.45) is 2.60. The highest BCUT2D eigenvalue weighted by molar-refractivity contribution is 5.33. The van der Waals surface area contributed by atoms with Gasteiger partial charge in [0.25, 0.3) is 0 Å². The molecule has 3 heteroatoms. The van der Waals surface area contributed by atoms with Gasteiger partial charge in [-0.25, -0.2) is 0 Å². The van der Waals surface area contributed by atoms with Crippen molar-refractivity contribution in [1.82, 2.24) is 4.98 Å². The quantitative estimate of drug-likeness (QED) is 0.875. The van der Waals surface area contributed by atoms with Crippen LogP contribution in [-0.2, 0) is 0 Å². The average Bonchev–Trinajstić information content (AvgIpc) is 2.48. The molecule has 1 atom stereocenters. The fraction of sp³-hybridized carbons (Fsp3) is 0.353. The Balaban J connectivity index is 2.06. The molecule has 0 saturated carbocycles. The maximum absolute atomic E-state index is 5.94. The summed E-state index contributed by atoms with van der Waals surface area (Å²) in [5.74, 6) is 2.08. The van der Waals surface area contributed by atoms with Gasteiger partial charge < -0.3 is 10.5 Å². The van der Waals surface area contributed by atoms with Crippen LogP contribution in [0, 0.1) is 0 Å². The summed E-state index contributed by atoms with van der Waals surface area (Å²) in [5.41, 5.74) is 8.14. The average molecular weight is 270 g/mol. The molecule has 2 rings (SSSR count). The Morgan fingerprint density at radius 1 is 1.05 bits per heavy atom. The summed E-state index contributed by atoms with van der Waals surface area (Å²) in [5, 5.41) is 0. The van der Waals surface area contributed by atoms with Gasteiger partial charge in [-0.15, -0.1) is 0 Å². The predicted octanol–water partition coefficient (Wildman–Crippen LogP) is 4.41. The van der Waals surface area contributed by atoms with Crippen molar-refractivity contribution in [2.24, 2.45) is 5.73 Å². The molecule has 0 saturated heterocycles. The lowest BCUT2D eigenvalue weighted by molar-refractivity contribution is 0.478. The van der Waals surface area contributed by atoms with Crippen molar-refractivity contribution >= 4 is 0 Å². The molecule has 106 valence electrons. The van der Waals surface area contributed by atoms with Crippen molar-refractivity contribution in [2.45, 2.75) is 39.2 Å². The third kappa shape index (κ3) is 3.58. The van der Waals surface area contributed by atoms with Crippen LogP contribution in [0.5, 0.6) is 11.5 Å². The highest BCUT2D eigenvalue weighted by atomic mass is 16.5. The molecule has 3 nitrogen and oxygen atoms in total. The zero-order valence-corrected chi connectivity index (χ0v) is 12.3. The molecule has 0 aliphatic heterocycles. The maximum atomic E-state index is 5.94. The Hall–Kier alpha value is -1.87. The molecule has 0 aliphatic carbocycles. The smallest absolute Gasteiger partial charge is 0.145 e. The zero-order chi connectivity index (χ0) is 14.5. The number of nitrogens with zero attached hydrogens (tertiary/aromatic N) is 1. The summed E-state index contributed by atoms with van der Waals surface area (Å²) >= 11 is 0. The van der Waals surface area contributed by atoms with Crippen LogP contribution in [-0.4, -0.2) is 4.98 Å². The first-order chi connectivity index (χ1) is 9.60. The van der Waals surface area contributed by atoms with Crippen molar-refractivity contribution in [2.75, 3.05) is 0 Å². The monoisotopic (exact) mass is 270 g/mol. The highest BCUT2D eigenvalue weighted by Gasteiger charge is 2.05. The first-order valence-electron chi connectivity index (χ1n) is 7.09. The van der Waals surface area contributed by atoms with Gasteiger partial charge in [0.05, 0.1) is 11.9 Å². The SMILES string of the molecule is CC[C@@H](N)c1ccc(Oc2ccc(C(C)C)cc2)cn1. The molecule has 0 radical (unpaired) electrons. The predicted molar refractivity (Wildman–Crippen MR) is 82.1 cm³/mol. The number of nitrogens with two attached hydrogens (primary N) is 1. The minimum Gasteiger partial charge on any atom is -0.456 e. The van der Waals surface area contributed by atoms with E-state index in [0.29, 0.717) is 5.92 Å². The van der Waals surface area contributed by atoms with Crippen LogP contribution in [0.4, 0.5) is 0 Å². The van der Waals surface area contributed by atoms with Crippen molar-refractivity contribution in [3.8, 4) is 11.5 Å². The lowest BCUT2D eigenvalue weighted by Crippen LogP contribution is -2.10. The molecule has 1 aromatic carbocycles. The molecule has 0 amide bonds. The first kappa shape index (κ1) is 14.5. The Kier molecular flexibility index (Phi) is 4.74. The van der Waals surface area contributed by atoms with E-state index in [0.717, 1.165) is 23.6 Å². The molecule has 0 aliphatic rings. The van der Waals surface area contributed by atoms with Gasteiger partial charge >= 0.3 is 0 Å². The van der Waals surface area contributed by atoms with E-state index in [-0.39, 0.29) is 6.04 Å². The molecule has 2 aromatic rings. The van der Waals surface area contributed by atoms with E-state index in [1.807, 2.05) is 31.2 Å². The molecule has 0 spiro atoms. The van der Waals surface area contributed by atoms with E-state index < -0.39 is 0 Å². The summed E-state index contributed by atoms with van der Waals surface area (Å²) in [7, 11) is 0. The fourth-order valence-corrected chi connectivity index (χ4v) is 1.94. The number of hydrogen-bond donors (Lipinski definition) is 1. The Morgan fingerprint density at radius 2 is 1.70 bits per heavy atom. The minimum atomic E-state index is -0.00521. The molecule has 2 N–H and O–H groups in total. The Bertz CT molecular complexity index is 532. The van der Waals surface area contributed by atoms with Gasteiger partial charge in [-0.2, -0.15) is 0 Å². The molecule has 0 fully saturated rings. The molecule has 20 heavy (non-hydrogen) atoms. The highest BCUT2D eigenvalue weighted by Crippen LogP contribution is 2.24. The lowest BCUT2D eigenvalue weighted by atomic mass is 10.0. The molecule has 1 heterocycles. The van der Waals surface area contributed by atoms with Crippen molar-refractivity contribution in [3.63, 3.8) is 0 Å². The molecule has 0 bridgehead atoms. The van der Waals surface area contributed by atoms with Gasteiger partial charge in [-0.3, -0.25) is 4.98 Å². The third-order valence-corrected chi connectivity index (χ3v) is 3.36. The largest absolute Gasteiger partial charge is 0.456 e. The van der Waals surface area contributed by atoms with E-state index in [4.69, 9.17) is 10.5 Å². The normalized spacial score (nSPS) is 12.4. The molecule has 0 unspecified atom stereocenters. The standard InChI is InChI=1S/C17H22N2O/c1-4-16(18)17-10-9-15(11-19-17)20-14-7-5-13(6-8-14)12(2)3/h5-12,16H,4,18H2,1-3H3/t16-/m1/s1. The number of ether oxygens (including phenoxy) is 1. The van der Waals surface area contributed by atoms with Gasteiger partial charge in [0, 0.05) is 6.04 Å². The Labute approximate surface area is 120 Å². The van der Waals surface area contributed by atoms with E-state index >= 15 is 0 Å². The maximum Gasteiger partial charge on any atom is 0.145 e. The van der Waals surface area contributed by atoms with Crippen molar-refractivity contribution in [1.29, 1.82) is 0 Å². The second-order valence-electron chi connectivity index (χ2n) is 5.26. The number of aromatic nitrogens is 1. The van der Waals surface area contributed by atoms with Crippen LogP contribution in [0.1, 0.15) is 50.4 Å². The van der Waals surface area contributed by atoms with Crippen LogP contribution >= 0.6 is 0 Å². The topological polar surface area (TPSA) is 48.1 Å². The van der Waals surface area contributed by atoms with E-state index in [9.17, 15) is 0 Å². The summed E-state index contributed by atoms with van der Waals surface area (Å²) in [6.45, 7) is 6.40. The molecular weight excluding hydrogens is 248 g/mol. The van der Waals surface area contributed by atoms with Gasteiger partial charge in [-0.1, -0.05) is 32.9 Å². The van der Waals surface area contributed by atoms with Crippen LogP contribution in [0.2, 0.25) is 0 Å². The molecular formula is C17H22N2O. The van der Waals surface area contributed by atoms with Crippen LogP contribution < -0.4 is 10.5 Å². The second-order valence-corrected chi connectivity index (χ2v) is 5.26. The number of rotatable bonds is 5. The summed E-state index contributed by atoms with van der Waals surface area (Å²) < 4.78 is 5.78. The first-order valence-corrected chi connectivity index (χ1v) is 7.09. The summed E-state index contributed by atoms with van der Waals surface area (Å²) in [4.78, 5) is 4.34. The van der Waals surface area contributed by atoms with Crippen molar-refractivity contribution in [3.05, 3.63) is 53.9 Å². The third-order valence-electron chi connectivity index (χ3n) is 3.36. The van der Waals surface area contributed by atoms with Crippen LogP contribution in [0.3, 0.4) is 0 Å². The van der Waals surface area contributed by atoms with Crippen LogP contribution in [0.25, 0.3) is 0 Å². The molecule has 1 aromatic heterocycles. The van der Waals surface area contributed by atoms with E-state index in [2.05, 4.69) is 31.0 Å². The van der Waals surface area contributed by atoms with Gasteiger partial charge in [-0.05, 0) is 42.2 Å². The van der Waals surface area contributed by atoms with Gasteiger partial charge in [0.15, 0.2) is 0 Å². The van der Waals surface area contributed by atoms with E-state index in [1.165, 1.54) is 5.56 Å². The Morgan fingerprint density at radius 3 is 2.20 bits per heavy atom. The summed E-state index contributed by atoms with van der Waals surface area (Å²) in [6, 6.07) is 12.0. The number of hydrogen-bond acceptors (Lipinski definition) is 3. The second kappa shape index (κ2) is 6.53. The minimum absolute atomic E-state index is 0.00521. The number of benzene rings is 1. The van der Waals surface area contributed by atoms with Gasteiger partial charge in [0.2, 0.25) is 0 Å². The lowest BCUT2D eigenvalue weighted by Gasteiger charge is -2.10. The van der Waals surface area contributed by atoms with E-state index in [1.54, 1.807) is 6.20 Å². The fourth-order valence-electron chi connectivity index (χ4n) is 1.94. The van der Waals surface area contributed by atoms with Gasteiger partial charge in [0.1, 0.15) is 11.5 Å².